The van der Waals surface area contributed by atoms with E-state index in [1.807, 2.05) is 0 Å². The molecule has 0 aliphatic rings. The lowest BCUT2D eigenvalue weighted by atomic mass is 10.1. The Morgan fingerprint density at radius 1 is 1.05 bits per heavy atom. The minimum Gasteiger partial charge on any atom is -0.508 e. The van der Waals surface area contributed by atoms with Gasteiger partial charge in [0.1, 0.15) is 5.75 Å². The van der Waals surface area contributed by atoms with Crippen LogP contribution in [-0.4, -0.2) is 33.5 Å². The van der Waals surface area contributed by atoms with E-state index in [2.05, 4.69) is 0 Å². The van der Waals surface area contributed by atoms with Gasteiger partial charge in [0.15, 0.2) is 17.6 Å². The number of carbonyl (C=O) groups is 1. The lowest BCUT2D eigenvalue weighted by Crippen LogP contribution is -2.09. The molecule has 1 unspecified atom stereocenters. The number of hydrogen-bond donors (Lipinski definition) is 4. The zero-order valence-electron chi connectivity index (χ0n) is 11.3. The van der Waals surface area contributed by atoms with Gasteiger partial charge in [0.05, 0.1) is 7.11 Å². The summed E-state index contributed by atoms with van der Waals surface area (Å²) in [4.78, 5) is 10.3. The Kier molecular flexibility index (Phi) is 6.03. The topological polar surface area (TPSA) is 107 Å². The van der Waals surface area contributed by atoms with Crippen molar-refractivity contribution in [3.05, 3.63) is 54.1 Å². The number of carboxylic acid groups (broad SMARTS) is 1. The molecule has 4 N–H and O–H groups in total. The molecule has 6 nitrogen and oxygen atoms in total. The van der Waals surface area contributed by atoms with Gasteiger partial charge in [-0.25, -0.2) is 4.79 Å². The first kappa shape index (κ1) is 16.3. The number of aliphatic carboxylic acids is 1. The average Bonchev–Trinajstić information content (AvgIpc) is 2.48. The third kappa shape index (κ3) is 5.04. The Balaban J connectivity index is 0.000000219. The van der Waals surface area contributed by atoms with E-state index in [-0.39, 0.29) is 17.1 Å². The summed E-state index contributed by atoms with van der Waals surface area (Å²) in [5.41, 5.74) is 0.250. The molecule has 0 aliphatic heterocycles. The van der Waals surface area contributed by atoms with E-state index in [1.54, 1.807) is 24.3 Å². The van der Waals surface area contributed by atoms with Crippen molar-refractivity contribution in [2.24, 2.45) is 0 Å². The first-order chi connectivity index (χ1) is 9.95. The number of carboxylic acids is 1. The standard InChI is InChI=1S/C8H8O4.C7H8O2/c9-6-3-1-5(2-4-6)7(10)8(11)12;1-9-7-5-3-2-4-6(7)8/h1-4,7,9-10H,(H,11,12);2-5,8H,1H3. The number of rotatable bonds is 3. The second-order valence-electron chi connectivity index (χ2n) is 4.00. The van der Waals surface area contributed by atoms with E-state index in [0.717, 1.165) is 0 Å². The Bertz CT molecular complexity index is 579. The number of hydrogen-bond acceptors (Lipinski definition) is 5. The lowest BCUT2D eigenvalue weighted by Gasteiger charge is -2.04. The molecule has 0 spiro atoms. The number of aliphatic hydroxyl groups excluding tert-OH is 1. The fraction of sp³-hybridized carbons (Fsp3) is 0.133. The molecule has 0 saturated carbocycles. The molecule has 1 atom stereocenters. The molecular weight excluding hydrogens is 276 g/mol. The monoisotopic (exact) mass is 292 g/mol. The van der Waals surface area contributed by atoms with Crippen molar-refractivity contribution < 1.29 is 30.0 Å². The molecule has 2 rings (SSSR count). The van der Waals surface area contributed by atoms with Crippen molar-refractivity contribution >= 4 is 5.97 Å². The summed E-state index contributed by atoms with van der Waals surface area (Å²) in [7, 11) is 1.52. The molecule has 2 aromatic rings. The second-order valence-corrected chi connectivity index (χ2v) is 4.00. The average molecular weight is 292 g/mol. The van der Waals surface area contributed by atoms with E-state index < -0.39 is 12.1 Å². The molecule has 112 valence electrons. The number of phenols is 2. The van der Waals surface area contributed by atoms with Gasteiger partial charge in [-0.15, -0.1) is 0 Å². The number of methoxy groups -OCH3 is 1. The van der Waals surface area contributed by atoms with Gasteiger partial charge in [0, 0.05) is 0 Å². The highest BCUT2D eigenvalue weighted by atomic mass is 16.5. The van der Waals surface area contributed by atoms with Crippen LogP contribution in [0, 0.1) is 0 Å². The molecular formula is C15H16O6. The van der Waals surface area contributed by atoms with Gasteiger partial charge in [-0.2, -0.15) is 0 Å². The summed E-state index contributed by atoms with van der Waals surface area (Å²) in [5, 5.41) is 35.2. The zero-order valence-corrected chi connectivity index (χ0v) is 11.3. The van der Waals surface area contributed by atoms with Crippen molar-refractivity contribution in [3.63, 3.8) is 0 Å². The molecule has 0 heterocycles. The molecule has 0 amide bonds. The SMILES string of the molecule is COc1ccccc1O.O=C(O)C(O)c1ccc(O)cc1. The first-order valence-electron chi connectivity index (χ1n) is 5.97. The highest BCUT2D eigenvalue weighted by molar-refractivity contribution is 5.74. The normalized spacial score (nSPS) is 11.0. The van der Waals surface area contributed by atoms with Crippen LogP contribution in [-0.2, 0) is 4.79 Å². The molecule has 6 heteroatoms. The van der Waals surface area contributed by atoms with Crippen LogP contribution in [0.4, 0.5) is 0 Å². The van der Waals surface area contributed by atoms with Crippen LogP contribution in [0.2, 0.25) is 0 Å². The number of aromatic hydroxyl groups is 2. The van der Waals surface area contributed by atoms with Crippen LogP contribution in [0.1, 0.15) is 11.7 Å². The molecule has 0 aliphatic carbocycles. The van der Waals surface area contributed by atoms with E-state index in [4.69, 9.17) is 25.2 Å². The maximum atomic E-state index is 10.3. The summed E-state index contributed by atoms with van der Waals surface area (Å²) >= 11 is 0. The second kappa shape index (κ2) is 7.76. The van der Waals surface area contributed by atoms with Crippen LogP contribution >= 0.6 is 0 Å². The van der Waals surface area contributed by atoms with E-state index >= 15 is 0 Å². The highest BCUT2D eigenvalue weighted by Crippen LogP contribution is 2.23. The van der Waals surface area contributed by atoms with Crippen LogP contribution in [0.15, 0.2) is 48.5 Å². The van der Waals surface area contributed by atoms with Gasteiger partial charge in [-0.3, -0.25) is 0 Å². The first-order valence-corrected chi connectivity index (χ1v) is 5.97. The summed E-state index contributed by atoms with van der Waals surface area (Å²) in [5.74, 6) is -0.575. The van der Waals surface area contributed by atoms with Crippen molar-refractivity contribution in [2.45, 2.75) is 6.10 Å². The van der Waals surface area contributed by atoms with Crippen LogP contribution in [0.25, 0.3) is 0 Å². The maximum absolute atomic E-state index is 10.3. The fourth-order valence-corrected chi connectivity index (χ4v) is 1.43. The number of benzene rings is 2. The van der Waals surface area contributed by atoms with Gasteiger partial charge in [-0.05, 0) is 29.8 Å². The van der Waals surface area contributed by atoms with Gasteiger partial charge in [-0.1, -0.05) is 24.3 Å². The number of ether oxygens (including phenoxy) is 1. The van der Waals surface area contributed by atoms with E-state index in [1.165, 1.54) is 31.4 Å². The van der Waals surface area contributed by atoms with Gasteiger partial charge in [0.2, 0.25) is 0 Å². The minimum atomic E-state index is -1.52. The van der Waals surface area contributed by atoms with E-state index in [9.17, 15) is 4.79 Å². The predicted octanol–water partition coefficient (Wildman–Crippen LogP) is 1.91. The smallest absolute Gasteiger partial charge is 0.337 e. The Morgan fingerprint density at radius 2 is 1.62 bits per heavy atom. The van der Waals surface area contributed by atoms with Gasteiger partial charge < -0.3 is 25.2 Å². The molecule has 2 aromatic carbocycles. The number of para-hydroxylation sites is 2. The molecule has 0 fully saturated rings. The zero-order chi connectivity index (χ0) is 15.8. The number of phenolic OH excluding ortho intramolecular Hbond substituents is 2. The summed E-state index contributed by atoms with van der Waals surface area (Å²) in [6.45, 7) is 0. The third-order valence-corrected chi connectivity index (χ3v) is 2.53. The van der Waals surface area contributed by atoms with Gasteiger partial charge in [0.25, 0.3) is 0 Å². The largest absolute Gasteiger partial charge is 0.508 e. The summed E-state index contributed by atoms with van der Waals surface area (Å²) < 4.78 is 4.79. The van der Waals surface area contributed by atoms with Crippen LogP contribution in [0.5, 0.6) is 17.2 Å². The highest BCUT2D eigenvalue weighted by Gasteiger charge is 2.14. The van der Waals surface area contributed by atoms with Crippen molar-refractivity contribution in [1.82, 2.24) is 0 Å². The molecule has 0 aromatic heterocycles. The van der Waals surface area contributed by atoms with Crippen LogP contribution < -0.4 is 4.74 Å². The number of aliphatic hydroxyl groups is 1. The lowest BCUT2D eigenvalue weighted by molar-refractivity contribution is -0.146. The minimum absolute atomic E-state index is 0.0383. The Hall–Kier alpha value is -2.73. The Morgan fingerprint density at radius 3 is 2.05 bits per heavy atom. The van der Waals surface area contributed by atoms with Gasteiger partial charge >= 0.3 is 5.97 Å². The maximum Gasteiger partial charge on any atom is 0.337 e. The quantitative estimate of drug-likeness (QED) is 0.688. The predicted molar refractivity (Wildman–Crippen MR) is 75.4 cm³/mol. The van der Waals surface area contributed by atoms with Crippen molar-refractivity contribution in [2.75, 3.05) is 7.11 Å². The molecule has 0 radical (unpaired) electrons. The van der Waals surface area contributed by atoms with Crippen molar-refractivity contribution in [3.8, 4) is 17.2 Å². The molecule has 0 saturated heterocycles. The third-order valence-electron chi connectivity index (χ3n) is 2.53. The summed E-state index contributed by atoms with van der Waals surface area (Å²) in [6, 6.07) is 12.2. The Labute approximate surface area is 121 Å². The van der Waals surface area contributed by atoms with Crippen LogP contribution in [0.3, 0.4) is 0 Å². The van der Waals surface area contributed by atoms with E-state index in [0.29, 0.717) is 5.75 Å². The summed E-state index contributed by atoms with van der Waals surface area (Å²) in [6.07, 6.45) is -1.52. The van der Waals surface area contributed by atoms with Crippen molar-refractivity contribution in [1.29, 1.82) is 0 Å². The molecule has 21 heavy (non-hydrogen) atoms. The molecule has 0 bridgehead atoms. The fourth-order valence-electron chi connectivity index (χ4n) is 1.43.